The SMILES string of the molecule is Cn1cc2c(n1)CCN(C(=O)OCc1ccccc1)C2C(=O)O. The van der Waals surface area contributed by atoms with E-state index in [1.807, 2.05) is 30.3 Å². The van der Waals surface area contributed by atoms with Gasteiger partial charge in [-0.15, -0.1) is 0 Å². The van der Waals surface area contributed by atoms with Gasteiger partial charge in [-0.3, -0.25) is 9.58 Å². The van der Waals surface area contributed by atoms with Gasteiger partial charge in [0.2, 0.25) is 0 Å². The highest BCUT2D eigenvalue weighted by molar-refractivity contribution is 5.82. The Hall–Kier alpha value is -2.83. The van der Waals surface area contributed by atoms with E-state index in [2.05, 4.69) is 5.10 Å². The number of carboxylic acids is 1. The van der Waals surface area contributed by atoms with Gasteiger partial charge in [0.15, 0.2) is 6.04 Å². The lowest BCUT2D eigenvalue weighted by Crippen LogP contribution is -2.43. The number of aromatic nitrogens is 2. The normalized spacial score (nSPS) is 16.7. The topological polar surface area (TPSA) is 84.7 Å². The molecule has 1 aromatic carbocycles. The summed E-state index contributed by atoms with van der Waals surface area (Å²) in [7, 11) is 1.73. The predicted octanol–water partition coefficient (Wildman–Crippen LogP) is 1.74. The van der Waals surface area contributed by atoms with Crippen molar-refractivity contribution in [1.29, 1.82) is 0 Å². The number of carboxylic acid groups (broad SMARTS) is 1. The molecule has 23 heavy (non-hydrogen) atoms. The second-order valence-electron chi connectivity index (χ2n) is 5.43. The fraction of sp³-hybridized carbons (Fsp3) is 0.312. The lowest BCUT2D eigenvalue weighted by Gasteiger charge is -2.31. The first-order chi connectivity index (χ1) is 11.1. The van der Waals surface area contributed by atoms with Gasteiger partial charge in [0, 0.05) is 31.8 Å². The molecule has 7 heteroatoms. The Bertz CT molecular complexity index is 726. The average molecular weight is 315 g/mol. The monoisotopic (exact) mass is 315 g/mol. The lowest BCUT2D eigenvalue weighted by molar-refractivity contribution is -0.143. The van der Waals surface area contributed by atoms with Crippen molar-refractivity contribution in [1.82, 2.24) is 14.7 Å². The van der Waals surface area contributed by atoms with Gasteiger partial charge in [-0.25, -0.2) is 9.59 Å². The zero-order valence-corrected chi connectivity index (χ0v) is 12.7. The van der Waals surface area contributed by atoms with Crippen LogP contribution >= 0.6 is 0 Å². The van der Waals surface area contributed by atoms with Crippen LogP contribution in [0.1, 0.15) is 22.9 Å². The number of aliphatic carboxylic acids is 1. The minimum Gasteiger partial charge on any atom is -0.479 e. The smallest absolute Gasteiger partial charge is 0.411 e. The molecule has 7 nitrogen and oxygen atoms in total. The number of ether oxygens (including phenoxy) is 1. The van der Waals surface area contributed by atoms with Crippen molar-refractivity contribution in [2.45, 2.75) is 19.1 Å². The van der Waals surface area contributed by atoms with E-state index in [0.717, 1.165) is 5.56 Å². The van der Waals surface area contributed by atoms with Crippen LogP contribution in [0.4, 0.5) is 4.79 Å². The Balaban J connectivity index is 1.76. The van der Waals surface area contributed by atoms with Crippen molar-refractivity contribution in [3.05, 3.63) is 53.3 Å². The molecule has 1 amide bonds. The third-order valence-corrected chi connectivity index (χ3v) is 3.81. The van der Waals surface area contributed by atoms with E-state index in [-0.39, 0.29) is 13.2 Å². The molecule has 0 fully saturated rings. The Labute approximate surface area is 133 Å². The number of aryl methyl sites for hydroxylation is 1. The number of rotatable bonds is 3. The highest BCUT2D eigenvalue weighted by atomic mass is 16.6. The first-order valence-electron chi connectivity index (χ1n) is 7.29. The molecular weight excluding hydrogens is 298 g/mol. The van der Waals surface area contributed by atoms with Crippen molar-refractivity contribution in [2.24, 2.45) is 7.05 Å². The van der Waals surface area contributed by atoms with E-state index in [0.29, 0.717) is 17.7 Å². The standard InChI is InChI=1S/C16H17N3O4/c1-18-9-12-13(17-18)7-8-19(14(12)15(20)21)16(22)23-10-11-5-3-2-4-6-11/h2-6,9,14H,7-8,10H2,1H3,(H,20,21). The minimum atomic E-state index is -1.09. The van der Waals surface area contributed by atoms with Crippen LogP contribution in [0.3, 0.4) is 0 Å². The first-order valence-corrected chi connectivity index (χ1v) is 7.29. The number of amides is 1. The van der Waals surface area contributed by atoms with Crippen molar-refractivity contribution in [3.8, 4) is 0 Å². The molecule has 0 saturated carbocycles. The fourth-order valence-electron chi connectivity index (χ4n) is 2.76. The van der Waals surface area contributed by atoms with E-state index >= 15 is 0 Å². The molecule has 0 spiro atoms. The molecule has 1 aliphatic heterocycles. The summed E-state index contributed by atoms with van der Waals surface area (Å²) in [5.74, 6) is -1.09. The summed E-state index contributed by atoms with van der Waals surface area (Å²) in [5, 5.41) is 13.8. The number of hydrogen-bond acceptors (Lipinski definition) is 4. The van der Waals surface area contributed by atoms with Crippen molar-refractivity contribution in [3.63, 3.8) is 0 Å². The second kappa shape index (κ2) is 6.12. The van der Waals surface area contributed by atoms with Gasteiger partial charge in [-0.1, -0.05) is 30.3 Å². The van der Waals surface area contributed by atoms with Crippen LogP contribution in [-0.4, -0.2) is 38.4 Å². The maximum atomic E-state index is 12.3. The summed E-state index contributed by atoms with van der Waals surface area (Å²) >= 11 is 0. The van der Waals surface area contributed by atoms with Crippen LogP contribution < -0.4 is 0 Å². The predicted molar refractivity (Wildman–Crippen MR) is 80.6 cm³/mol. The largest absolute Gasteiger partial charge is 0.479 e. The molecule has 1 aliphatic rings. The Morgan fingerprint density at radius 1 is 1.35 bits per heavy atom. The Morgan fingerprint density at radius 2 is 2.09 bits per heavy atom. The molecule has 2 heterocycles. The zero-order chi connectivity index (χ0) is 16.4. The maximum Gasteiger partial charge on any atom is 0.411 e. The number of carbonyl (C=O) groups is 2. The van der Waals surface area contributed by atoms with E-state index in [4.69, 9.17) is 4.74 Å². The average Bonchev–Trinajstić information content (AvgIpc) is 2.92. The van der Waals surface area contributed by atoms with Crippen LogP contribution in [-0.2, 0) is 29.6 Å². The maximum absolute atomic E-state index is 12.3. The summed E-state index contributed by atoms with van der Waals surface area (Å²) in [5.41, 5.74) is 2.11. The summed E-state index contributed by atoms with van der Waals surface area (Å²) in [6, 6.07) is 8.21. The number of nitrogens with zero attached hydrogens (tertiary/aromatic N) is 3. The van der Waals surface area contributed by atoms with Gasteiger partial charge in [-0.2, -0.15) is 5.10 Å². The molecule has 0 radical (unpaired) electrons. The minimum absolute atomic E-state index is 0.114. The third kappa shape index (κ3) is 3.03. The molecule has 120 valence electrons. The van der Waals surface area contributed by atoms with Crippen LogP contribution in [0, 0.1) is 0 Å². The Kier molecular flexibility index (Phi) is 4.01. The van der Waals surface area contributed by atoms with Gasteiger partial charge in [0.05, 0.1) is 5.69 Å². The summed E-state index contributed by atoms with van der Waals surface area (Å²) in [6.07, 6.45) is 1.53. The van der Waals surface area contributed by atoms with Crippen molar-refractivity contribution in [2.75, 3.05) is 6.54 Å². The fourth-order valence-corrected chi connectivity index (χ4v) is 2.76. The van der Waals surface area contributed by atoms with Crippen LogP contribution in [0.25, 0.3) is 0 Å². The van der Waals surface area contributed by atoms with Crippen molar-refractivity contribution < 1.29 is 19.4 Å². The molecule has 1 unspecified atom stereocenters. The van der Waals surface area contributed by atoms with Crippen LogP contribution in [0.15, 0.2) is 36.5 Å². The number of benzene rings is 1. The summed E-state index contributed by atoms with van der Waals surface area (Å²) in [6.45, 7) is 0.386. The van der Waals surface area contributed by atoms with Gasteiger partial charge in [0.1, 0.15) is 6.61 Å². The van der Waals surface area contributed by atoms with Crippen LogP contribution in [0.5, 0.6) is 0 Å². The van der Waals surface area contributed by atoms with Gasteiger partial charge in [-0.05, 0) is 5.56 Å². The third-order valence-electron chi connectivity index (χ3n) is 3.81. The molecule has 1 aromatic heterocycles. The quantitative estimate of drug-likeness (QED) is 0.932. The van der Waals surface area contributed by atoms with Gasteiger partial charge >= 0.3 is 12.1 Å². The van der Waals surface area contributed by atoms with Gasteiger partial charge in [0.25, 0.3) is 0 Å². The molecule has 1 N–H and O–H groups in total. The number of fused-ring (bicyclic) bond motifs is 1. The molecule has 0 saturated heterocycles. The first kappa shape index (κ1) is 15.1. The zero-order valence-electron chi connectivity index (χ0n) is 12.7. The molecule has 3 rings (SSSR count). The molecular formula is C16H17N3O4. The lowest BCUT2D eigenvalue weighted by atomic mass is 10.00. The van der Waals surface area contributed by atoms with E-state index in [1.165, 1.54) is 4.90 Å². The summed E-state index contributed by atoms with van der Waals surface area (Å²) in [4.78, 5) is 25.2. The molecule has 0 aliphatic carbocycles. The molecule has 0 bridgehead atoms. The molecule has 1 atom stereocenters. The van der Waals surface area contributed by atoms with Crippen LogP contribution in [0.2, 0.25) is 0 Å². The highest BCUT2D eigenvalue weighted by Crippen LogP contribution is 2.29. The van der Waals surface area contributed by atoms with Gasteiger partial charge < -0.3 is 9.84 Å². The Morgan fingerprint density at radius 3 is 2.78 bits per heavy atom. The highest BCUT2D eigenvalue weighted by Gasteiger charge is 2.38. The second-order valence-corrected chi connectivity index (χ2v) is 5.43. The van der Waals surface area contributed by atoms with E-state index in [1.54, 1.807) is 17.9 Å². The number of carbonyl (C=O) groups excluding carboxylic acids is 1. The molecule has 2 aromatic rings. The van der Waals surface area contributed by atoms with E-state index in [9.17, 15) is 14.7 Å². The summed E-state index contributed by atoms with van der Waals surface area (Å²) < 4.78 is 6.84. The number of hydrogen-bond donors (Lipinski definition) is 1. The van der Waals surface area contributed by atoms with Crippen molar-refractivity contribution >= 4 is 12.1 Å². The van der Waals surface area contributed by atoms with E-state index < -0.39 is 18.1 Å².